The topological polar surface area (TPSA) is 52.1 Å². The van der Waals surface area contributed by atoms with E-state index in [0.717, 1.165) is 36.8 Å². The molecule has 0 saturated heterocycles. The lowest BCUT2D eigenvalue weighted by Crippen LogP contribution is -2.17. The van der Waals surface area contributed by atoms with Crippen LogP contribution in [0.1, 0.15) is 36.0 Å². The number of hydrogen-bond donors (Lipinski definition) is 0. The summed E-state index contributed by atoms with van der Waals surface area (Å²) in [7, 11) is 0. The Morgan fingerprint density at radius 2 is 1.31 bits per heavy atom. The minimum Gasteiger partial charge on any atom is -0.459 e. The van der Waals surface area contributed by atoms with Crippen LogP contribution in [0.2, 0.25) is 0 Å². The minimum atomic E-state index is -0.338. The molecule has 0 atom stereocenters. The standard InChI is InChI=1S/C22H20N2O2/c25-22(26-18-13-7-8-14-18)19-20(16-9-3-1-4-10-16)23-15-24-21(19)17-11-5-2-6-12-17/h1-6,9-12,15,18H,7-8,13-14H2. The van der Waals surface area contributed by atoms with Crippen LogP contribution in [0.5, 0.6) is 0 Å². The van der Waals surface area contributed by atoms with Gasteiger partial charge < -0.3 is 4.74 Å². The van der Waals surface area contributed by atoms with E-state index in [1.165, 1.54) is 6.33 Å². The maximum atomic E-state index is 13.1. The van der Waals surface area contributed by atoms with Gasteiger partial charge in [0.25, 0.3) is 0 Å². The third-order valence-electron chi connectivity index (χ3n) is 4.72. The van der Waals surface area contributed by atoms with Gasteiger partial charge in [0.1, 0.15) is 18.0 Å². The predicted octanol–water partition coefficient (Wildman–Crippen LogP) is 4.91. The number of rotatable bonds is 4. The lowest BCUT2D eigenvalue weighted by molar-refractivity contribution is 0.0319. The molecule has 3 aromatic rings. The molecule has 130 valence electrons. The maximum Gasteiger partial charge on any atom is 0.342 e. The second-order valence-electron chi connectivity index (χ2n) is 6.49. The highest BCUT2D eigenvalue weighted by molar-refractivity contribution is 6.02. The van der Waals surface area contributed by atoms with Crippen molar-refractivity contribution in [2.75, 3.05) is 0 Å². The van der Waals surface area contributed by atoms with Crippen molar-refractivity contribution < 1.29 is 9.53 Å². The largest absolute Gasteiger partial charge is 0.459 e. The molecule has 0 amide bonds. The van der Waals surface area contributed by atoms with Crippen LogP contribution >= 0.6 is 0 Å². The Morgan fingerprint density at radius 1 is 0.808 bits per heavy atom. The summed E-state index contributed by atoms with van der Waals surface area (Å²) < 4.78 is 5.80. The van der Waals surface area contributed by atoms with Crippen LogP contribution in [0.15, 0.2) is 67.0 Å². The summed E-state index contributed by atoms with van der Waals surface area (Å²) in [4.78, 5) is 21.9. The van der Waals surface area contributed by atoms with E-state index < -0.39 is 0 Å². The number of carbonyl (C=O) groups excluding carboxylic acids is 1. The van der Waals surface area contributed by atoms with Gasteiger partial charge in [-0.3, -0.25) is 0 Å². The van der Waals surface area contributed by atoms with Crippen LogP contribution in [-0.4, -0.2) is 22.0 Å². The van der Waals surface area contributed by atoms with Crippen molar-refractivity contribution >= 4 is 5.97 Å². The molecule has 1 aliphatic carbocycles. The number of hydrogen-bond acceptors (Lipinski definition) is 4. The van der Waals surface area contributed by atoms with E-state index in [9.17, 15) is 4.79 Å². The van der Waals surface area contributed by atoms with E-state index in [4.69, 9.17) is 4.74 Å². The van der Waals surface area contributed by atoms with E-state index in [-0.39, 0.29) is 12.1 Å². The van der Waals surface area contributed by atoms with Crippen LogP contribution in [0.4, 0.5) is 0 Å². The Bertz CT molecular complexity index is 831. The van der Waals surface area contributed by atoms with E-state index in [2.05, 4.69) is 9.97 Å². The molecular formula is C22H20N2O2. The average molecular weight is 344 g/mol. The number of ether oxygens (including phenoxy) is 1. The fraction of sp³-hybridized carbons (Fsp3) is 0.227. The summed E-state index contributed by atoms with van der Waals surface area (Å²) in [6.07, 6.45) is 5.59. The lowest BCUT2D eigenvalue weighted by atomic mass is 10.00. The maximum absolute atomic E-state index is 13.1. The molecule has 2 aromatic carbocycles. The average Bonchev–Trinajstić information content (AvgIpc) is 3.22. The zero-order valence-electron chi connectivity index (χ0n) is 14.5. The van der Waals surface area contributed by atoms with Gasteiger partial charge in [-0.15, -0.1) is 0 Å². The second-order valence-corrected chi connectivity index (χ2v) is 6.49. The molecule has 1 fully saturated rings. The molecule has 1 heterocycles. The van der Waals surface area contributed by atoms with Gasteiger partial charge in [-0.2, -0.15) is 0 Å². The summed E-state index contributed by atoms with van der Waals surface area (Å²) in [6.45, 7) is 0. The van der Waals surface area contributed by atoms with Gasteiger partial charge in [0.05, 0.1) is 11.4 Å². The van der Waals surface area contributed by atoms with Gasteiger partial charge in [-0.1, -0.05) is 60.7 Å². The first-order valence-corrected chi connectivity index (χ1v) is 9.00. The molecule has 0 unspecified atom stereocenters. The van der Waals surface area contributed by atoms with Crippen LogP contribution in [0.25, 0.3) is 22.5 Å². The first kappa shape index (κ1) is 16.5. The fourth-order valence-corrected chi connectivity index (χ4v) is 3.43. The van der Waals surface area contributed by atoms with E-state index in [1.54, 1.807) is 0 Å². The molecule has 4 nitrogen and oxygen atoms in total. The van der Waals surface area contributed by atoms with E-state index >= 15 is 0 Å². The Balaban J connectivity index is 1.83. The number of nitrogens with zero attached hydrogens (tertiary/aromatic N) is 2. The van der Waals surface area contributed by atoms with Gasteiger partial charge >= 0.3 is 5.97 Å². The van der Waals surface area contributed by atoms with Crippen molar-refractivity contribution in [1.29, 1.82) is 0 Å². The van der Waals surface area contributed by atoms with Crippen molar-refractivity contribution in [3.8, 4) is 22.5 Å². The lowest BCUT2D eigenvalue weighted by Gasteiger charge is -2.16. The van der Waals surface area contributed by atoms with Crippen molar-refractivity contribution in [2.45, 2.75) is 31.8 Å². The Labute approximate surface area is 152 Å². The highest BCUT2D eigenvalue weighted by Gasteiger charge is 2.26. The molecule has 4 rings (SSSR count). The third-order valence-corrected chi connectivity index (χ3v) is 4.72. The molecule has 0 aliphatic heterocycles. The van der Waals surface area contributed by atoms with Crippen molar-refractivity contribution in [3.05, 3.63) is 72.6 Å². The molecule has 4 heteroatoms. The normalized spacial score (nSPS) is 14.3. The predicted molar refractivity (Wildman–Crippen MR) is 101 cm³/mol. The van der Waals surface area contributed by atoms with Gasteiger partial charge in [0.2, 0.25) is 0 Å². The second kappa shape index (κ2) is 7.48. The highest BCUT2D eigenvalue weighted by Crippen LogP contribution is 2.31. The van der Waals surface area contributed by atoms with Gasteiger partial charge in [-0.25, -0.2) is 14.8 Å². The van der Waals surface area contributed by atoms with Crippen LogP contribution in [0, 0.1) is 0 Å². The third kappa shape index (κ3) is 3.36. The van der Waals surface area contributed by atoms with Crippen LogP contribution in [-0.2, 0) is 4.74 Å². The Kier molecular flexibility index (Phi) is 4.73. The first-order valence-electron chi connectivity index (χ1n) is 9.00. The number of aromatic nitrogens is 2. The Hall–Kier alpha value is -3.01. The van der Waals surface area contributed by atoms with Crippen molar-refractivity contribution in [1.82, 2.24) is 9.97 Å². The van der Waals surface area contributed by atoms with Crippen LogP contribution in [0.3, 0.4) is 0 Å². The Morgan fingerprint density at radius 3 is 1.81 bits per heavy atom. The fourth-order valence-electron chi connectivity index (χ4n) is 3.43. The molecule has 0 bridgehead atoms. The molecule has 1 saturated carbocycles. The van der Waals surface area contributed by atoms with E-state index in [0.29, 0.717) is 17.0 Å². The zero-order valence-corrected chi connectivity index (χ0v) is 14.5. The minimum absolute atomic E-state index is 0.00467. The van der Waals surface area contributed by atoms with Crippen molar-refractivity contribution in [3.63, 3.8) is 0 Å². The summed E-state index contributed by atoms with van der Waals surface area (Å²) in [5.74, 6) is -0.338. The van der Waals surface area contributed by atoms with Gasteiger partial charge in [0.15, 0.2) is 0 Å². The summed E-state index contributed by atoms with van der Waals surface area (Å²) in [5.41, 5.74) is 3.43. The summed E-state index contributed by atoms with van der Waals surface area (Å²) in [6, 6.07) is 19.4. The van der Waals surface area contributed by atoms with E-state index in [1.807, 2.05) is 60.7 Å². The zero-order chi connectivity index (χ0) is 17.8. The summed E-state index contributed by atoms with van der Waals surface area (Å²) >= 11 is 0. The molecule has 0 N–H and O–H groups in total. The molecule has 0 radical (unpaired) electrons. The summed E-state index contributed by atoms with van der Waals surface area (Å²) in [5, 5.41) is 0. The quantitative estimate of drug-likeness (QED) is 0.631. The van der Waals surface area contributed by atoms with Crippen LogP contribution < -0.4 is 0 Å². The van der Waals surface area contributed by atoms with Gasteiger partial charge in [-0.05, 0) is 25.7 Å². The molecule has 0 spiro atoms. The monoisotopic (exact) mass is 344 g/mol. The molecule has 1 aromatic heterocycles. The molecule has 1 aliphatic rings. The molecule has 26 heavy (non-hydrogen) atoms. The highest BCUT2D eigenvalue weighted by atomic mass is 16.5. The number of carbonyl (C=O) groups is 1. The first-order chi connectivity index (χ1) is 12.8. The molecular weight excluding hydrogens is 324 g/mol. The van der Waals surface area contributed by atoms with Crippen molar-refractivity contribution in [2.24, 2.45) is 0 Å². The smallest absolute Gasteiger partial charge is 0.342 e. The van der Waals surface area contributed by atoms with Gasteiger partial charge in [0, 0.05) is 11.1 Å². The SMILES string of the molecule is O=C(OC1CCCC1)c1c(-c2ccccc2)ncnc1-c1ccccc1. The number of esters is 1. The number of benzene rings is 2.